The van der Waals surface area contributed by atoms with Crippen LogP contribution in [0, 0.1) is 5.92 Å². The monoisotopic (exact) mass is 294 g/mol. The van der Waals surface area contributed by atoms with E-state index in [2.05, 4.69) is 24.4 Å². The molecular weight excluding hydrogens is 272 g/mol. The lowest BCUT2D eigenvalue weighted by atomic mass is 10.0. The average Bonchev–Trinajstić information content (AvgIpc) is 2.55. The van der Waals surface area contributed by atoms with Crippen LogP contribution >= 0.6 is 0 Å². The predicted molar refractivity (Wildman–Crippen MR) is 90.7 cm³/mol. The number of nitrogens with zero attached hydrogens (tertiary/aromatic N) is 1. The van der Waals surface area contributed by atoms with E-state index in [1.54, 1.807) is 0 Å². The SMILES string of the molecule is CC(C)C(=NNC(=O)CCc1ccccc1)c1ccccc1. The van der Waals surface area contributed by atoms with Crippen molar-refractivity contribution in [3.63, 3.8) is 0 Å². The van der Waals surface area contributed by atoms with E-state index >= 15 is 0 Å². The van der Waals surface area contributed by atoms with Crippen molar-refractivity contribution in [2.24, 2.45) is 11.0 Å². The number of aryl methyl sites for hydroxylation is 1. The molecule has 0 saturated heterocycles. The fraction of sp³-hybridized carbons (Fsp3) is 0.263. The minimum Gasteiger partial charge on any atom is -0.273 e. The molecule has 3 nitrogen and oxygen atoms in total. The molecule has 0 aliphatic carbocycles. The van der Waals surface area contributed by atoms with Crippen LogP contribution in [0.25, 0.3) is 0 Å². The van der Waals surface area contributed by atoms with E-state index in [4.69, 9.17) is 0 Å². The maximum atomic E-state index is 12.0. The zero-order valence-corrected chi connectivity index (χ0v) is 13.1. The molecule has 0 aromatic heterocycles. The summed E-state index contributed by atoms with van der Waals surface area (Å²) in [6.07, 6.45) is 1.16. The van der Waals surface area contributed by atoms with Gasteiger partial charge in [0.05, 0.1) is 5.71 Å². The zero-order valence-electron chi connectivity index (χ0n) is 13.1. The van der Waals surface area contributed by atoms with Crippen LogP contribution < -0.4 is 5.43 Å². The molecule has 0 aliphatic rings. The van der Waals surface area contributed by atoms with Crippen LogP contribution in [0.1, 0.15) is 31.4 Å². The van der Waals surface area contributed by atoms with Gasteiger partial charge in [-0.15, -0.1) is 0 Å². The Labute approximate surface area is 132 Å². The van der Waals surface area contributed by atoms with Crippen LogP contribution in [0.3, 0.4) is 0 Å². The molecule has 0 radical (unpaired) electrons. The molecule has 0 spiro atoms. The predicted octanol–water partition coefficient (Wildman–Crippen LogP) is 3.80. The van der Waals surface area contributed by atoms with Gasteiger partial charge in [-0.05, 0) is 23.5 Å². The normalized spacial score (nSPS) is 11.5. The molecule has 114 valence electrons. The van der Waals surface area contributed by atoms with Crippen LogP contribution in [0.15, 0.2) is 65.8 Å². The van der Waals surface area contributed by atoms with Crippen molar-refractivity contribution < 1.29 is 4.79 Å². The molecule has 1 amide bonds. The quantitative estimate of drug-likeness (QED) is 0.639. The first-order valence-corrected chi connectivity index (χ1v) is 7.62. The molecule has 1 N–H and O–H groups in total. The summed E-state index contributed by atoms with van der Waals surface area (Å²) < 4.78 is 0. The summed E-state index contributed by atoms with van der Waals surface area (Å²) in [6.45, 7) is 4.14. The highest BCUT2D eigenvalue weighted by Crippen LogP contribution is 2.09. The van der Waals surface area contributed by atoms with Crippen molar-refractivity contribution in [2.75, 3.05) is 0 Å². The van der Waals surface area contributed by atoms with E-state index < -0.39 is 0 Å². The van der Waals surface area contributed by atoms with Gasteiger partial charge in [0.25, 0.3) is 0 Å². The van der Waals surface area contributed by atoms with Gasteiger partial charge >= 0.3 is 0 Å². The maximum Gasteiger partial charge on any atom is 0.240 e. The van der Waals surface area contributed by atoms with Crippen molar-refractivity contribution in [3.05, 3.63) is 71.8 Å². The Balaban J connectivity index is 1.95. The van der Waals surface area contributed by atoms with Gasteiger partial charge in [-0.1, -0.05) is 74.5 Å². The average molecular weight is 294 g/mol. The molecular formula is C19H22N2O. The van der Waals surface area contributed by atoms with Gasteiger partial charge in [-0.3, -0.25) is 4.79 Å². The van der Waals surface area contributed by atoms with Crippen molar-refractivity contribution in [1.29, 1.82) is 0 Å². The van der Waals surface area contributed by atoms with Crippen molar-refractivity contribution in [1.82, 2.24) is 5.43 Å². The van der Waals surface area contributed by atoms with E-state index in [0.717, 1.165) is 23.3 Å². The standard InChI is InChI=1S/C19H22N2O/c1-15(2)19(17-11-7-4-8-12-17)21-20-18(22)14-13-16-9-5-3-6-10-16/h3-12,15H,13-14H2,1-2H3,(H,20,22). The minimum absolute atomic E-state index is 0.0575. The van der Waals surface area contributed by atoms with Crippen molar-refractivity contribution in [2.45, 2.75) is 26.7 Å². The number of rotatable bonds is 6. The topological polar surface area (TPSA) is 41.5 Å². The minimum atomic E-state index is -0.0575. The van der Waals surface area contributed by atoms with E-state index in [9.17, 15) is 4.79 Å². The molecule has 0 atom stereocenters. The number of carbonyl (C=O) groups excluding carboxylic acids is 1. The Morgan fingerprint density at radius 1 is 1.00 bits per heavy atom. The molecule has 2 aromatic rings. The van der Waals surface area contributed by atoms with Crippen LogP contribution in [0.5, 0.6) is 0 Å². The summed E-state index contributed by atoms with van der Waals surface area (Å²) in [4.78, 5) is 12.0. The summed E-state index contributed by atoms with van der Waals surface area (Å²) in [5.41, 5.74) is 5.78. The third-order valence-electron chi connectivity index (χ3n) is 3.40. The van der Waals surface area contributed by atoms with Gasteiger partial charge in [0.1, 0.15) is 0 Å². The molecule has 0 unspecified atom stereocenters. The van der Waals surface area contributed by atoms with Crippen LogP contribution in [-0.2, 0) is 11.2 Å². The second-order valence-electron chi connectivity index (χ2n) is 5.54. The largest absolute Gasteiger partial charge is 0.273 e. The molecule has 0 aliphatic heterocycles. The van der Waals surface area contributed by atoms with Gasteiger partial charge in [0.2, 0.25) is 5.91 Å². The highest BCUT2D eigenvalue weighted by Gasteiger charge is 2.09. The van der Waals surface area contributed by atoms with E-state index in [0.29, 0.717) is 6.42 Å². The maximum absolute atomic E-state index is 12.0. The van der Waals surface area contributed by atoms with E-state index in [-0.39, 0.29) is 11.8 Å². The highest BCUT2D eigenvalue weighted by molar-refractivity contribution is 6.02. The van der Waals surface area contributed by atoms with Crippen LogP contribution in [-0.4, -0.2) is 11.6 Å². The van der Waals surface area contributed by atoms with Crippen molar-refractivity contribution in [3.8, 4) is 0 Å². The number of nitrogens with one attached hydrogen (secondary N) is 1. The zero-order chi connectivity index (χ0) is 15.8. The lowest BCUT2D eigenvalue weighted by molar-refractivity contribution is -0.121. The van der Waals surface area contributed by atoms with E-state index in [1.165, 1.54) is 0 Å². The summed E-state index contributed by atoms with van der Waals surface area (Å²) in [5.74, 6) is 0.190. The smallest absolute Gasteiger partial charge is 0.240 e. The van der Waals surface area contributed by atoms with Crippen molar-refractivity contribution >= 4 is 11.6 Å². The molecule has 2 rings (SSSR count). The summed E-state index contributed by atoms with van der Waals surface area (Å²) in [7, 11) is 0. The van der Waals surface area contributed by atoms with Crippen LogP contribution in [0.2, 0.25) is 0 Å². The second kappa shape index (κ2) is 8.13. The molecule has 0 fully saturated rings. The molecule has 0 saturated carbocycles. The second-order valence-corrected chi connectivity index (χ2v) is 5.54. The molecule has 0 heterocycles. The molecule has 3 heteroatoms. The number of carbonyl (C=O) groups is 1. The third-order valence-corrected chi connectivity index (χ3v) is 3.40. The lowest BCUT2D eigenvalue weighted by Crippen LogP contribution is -2.22. The van der Waals surface area contributed by atoms with Gasteiger partial charge in [0, 0.05) is 6.42 Å². The lowest BCUT2D eigenvalue weighted by Gasteiger charge is -2.10. The first kappa shape index (κ1) is 16.0. The molecule has 22 heavy (non-hydrogen) atoms. The first-order chi connectivity index (χ1) is 10.7. The van der Waals surface area contributed by atoms with Gasteiger partial charge in [-0.25, -0.2) is 5.43 Å². The number of hydrogen-bond donors (Lipinski definition) is 1. The molecule has 0 bridgehead atoms. The third kappa shape index (κ3) is 4.85. The Kier molecular flexibility index (Phi) is 5.90. The summed E-state index contributed by atoms with van der Waals surface area (Å²) in [6, 6.07) is 19.9. The Hall–Kier alpha value is -2.42. The van der Waals surface area contributed by atoms with Gasteiger partial charge in [0.15, 0.2) is 0 Å². The van der Waals surface area contributed by atoms with Gasteiger partial charge < -0.3 is 0 Å². The number of benzene rings is 2. The Bertz CT molecular complexity index is 618. The molecule has 2 aromatic carbocycles. The first-order valence-electron chi connectivity index (χ1n) is 7.62. The summed E-state index contributed by atoms with van der Waals surface area (Å²) >= 11 is 0. The number of hydrazone groups is 1. The van der Waals surface area contributed by atoms with E-state index in [1.807, 2.05) is 60.7 Å². The summed E-state index contributed by atoms with van der Waals surface area (Å²) in [5, 5.41) is 4.32. The van der Waals surface area contributed by atoms with Gasteiger partial charge in [-0.2, -0.15) is 5.10 Å². The fourth-order valence-corrected chi connectivity index (χ4v) is 2.22. The Morgan fingerprint density at radius 2 is 1.59 bits per heavy atom. The number of hydrogen-bond acceptors (Lipinski definition) is 2. The van der Waals surface area contributed by atoms with Crippen LogP contribution in [0.4, 0.5) is 0 Å². The number of amides is 1. The highest BCUT2D eigenvalue weighted by atomic mass is 16.2. The Morgan fingerprint density at radius 3 is 2.18 bits per heavy atom. The fourth-order valence-electron chi connectivity index (χ4n) is 2.22.